The van der Waals surface area contributed by atoms with Gasteiger partial charge in [0.15, 0.2) is 0 Å². The van der Waals surface area contributed by atoms with Crippen molar-refractivity contribution in [1.29, 1.82) is 0 Å². The Morgan fingerprint density at radius 3 is 2.26 bits per heavy atom. The molecule has 3 aromatic carbocycles. The Labute approximate surface area is 191 Å². The fourth-order valence-electron chi connectivity index (χ4n) is 5.74. The van der Waals surface area contributed by atoms with E-state index in [-0.39, 0.29) is 10.8 Å². The molecule has 0 amide bonds. The SMILES string of the molecule is CSc1c(C)cccc1C1(C)CC=CC=C1c1cccc2c1-c1ccccc1C2(C)C. The van der Waals surface area contributed by atoms with Gasteiger partial charge < -0.3 is 0 Å². The van der Waals surface area contributed by atoms with E-state index in [2.05, 4.69) is 113 Å². The van der Waals surface area contributed by atoms with E-state index in [9.17, 15) is 0 Å². The van der Waals surface area contributed by atoms with Crippen LogP contribution in [-0.4, -0.2) is 6.26 Å². The molecule has 0 nitrogen and oxygen atoms in total. The molecule has 0 aromatic heterocycles. The van der Waals surface area contributed by atoms with Crippen molar-refractivity contribution in [2.75, 3.05) is 6.26 Å². The van der Waals surface area contributed by atoms with E-state index in [1.807, 2.05) is 11.8 Å². The van der Waals surface area contributed by atoms with Gasteiger partial charge in [-0.1, -0.05) is 99.7 Å². The van der Waals surface area contributed by atoms with Gasteiger partial charge in [0, 0.05) is 15.7 Å². The number of allylic oxidation sites excluding steroid dienone is 4. The van der Waals surface area contributed by atoms with Gasteiger partial charge in [-0.15, -0.1) is 11.8 Å². The fraction of sp³-hybridized carbons (Fsp3) is 0.267. The number of hydrogen-bond acceptors (Lipinski definition) is 1. The molecule has 0 radical (unpaired) electrons. The van der Waals surface area contributed by atoms with E-state index in [1.165, 1.54) is 49.4 Å². The molecule has 0 aliphatic heterocycles. The summed E-state index contributed by atoms with van der Waals surface area (Å²) in [6.07, 6.45) is 10.2. The largest absolute Gasteiger partial charge is 0.129 e. The second kappa shape index (κ2) is 7.28. The molecule has 0 fully saturated rings. The summed E-state index contributed by atoms with van der Waals surface area (Å²) < 4.78 is 0. The van der Waals surface area contributed by atoms with Gasteiger partial charge in [-0.05, 0) is 64.1 Å². The minimum absolute atomic E-state index is 0.0250. The van der Waals surface area contributed by atoms with Crippen LogP contribution in [0.15, 0.2) is 83.8 Å². The van der Waals surface area contributed by atoms with Crippen LogP contribution < -0.4 is 0 Å². The maximum atomic E-state index is 2.43. The second-order valence-electron chi connectivity index (χ2n) is 9.60. The minimum Gasteiger partial charge on any atom is -0.129 e. The van der Waals surface area contributed by atoms with E-state index in [0.717, 1.165) is 6.42 Å². The number of hydrogen-bond donors (Lipinski definition) is 0. The molecule has 0 saturated carbocycles. The highest BCUT2D eigenvalue weighted by Crippen LogP contribution is 2.54. The summed E-state index contributed by atoms with van der Waals surface area (Å²) >= 11 is 1.87. The van der Waals surface area contributed by atoms with Crippen LogP contribution in [0.25, 0.3) is 16.7 Å². The number of aryl methyl sites for hydroxylation is 1. The Morgan fingerprint density at radius 2 is 1.45 bits per heavy atom. The molecule has 0 heterocycles. The number of thioether (sulfide) groups is 1. The molecule has 0 spiro atoms. The smallest absolute Gasteiger partial charge is 0.0226 e. The summed E-state index contributed by atoms with van der Waals surface area (Å²) in [6, 6.07) is 22.7. The van der Waals surface area contributed by atoms with Crippen molar-refractivity contribution in [3.05, 3.63) is 107 Å². The van der Waals surface area contributed by atoms with E-state index in [1.54, 1.807) is 0 Å². The van der Waals surface area contributed by atoms with E-state index >= 15 is 0 Å². The molecule has 0 N–H and O–H groups in total. The van der Waals surface area contributed by atoms with Crippen molar-refractivity contribution in [1.82, 2.24) is 0 Å². The van der Waals surface area contributed by atoms with Crippen molar-refractivity contribution in [2.45, 2.75) is 49.8 Å². The van der Waals surface area contributed by atoms with Crippen molar-refractivity contribution < 1.29 is 0 Å². The van der Waals surface area contributed by atoms with Crippen LogP contribution in [0.3, 0.4) is 0 Å². The lowest BCUT2D eigenvalue weighted by Crippen LogP contribution is -2.26. The normalized spacial score (nSPS) is 20.9. The molecule has 5 rings (SSSR count). The lowest BCUT2D eigenvalue weighted by atomic mass is 9.67. The Bertz CT molecular complexity index is 1240. The third-order valence-corrected chi connectivity index (χ3v) is 8.38. The Balaban J connectivity index is 1.78. The average Bonchev–Trinajstić information content (AvgIpc) is 3.01. The predicted octanol–water partition coefficient (Wildman–Crippen LogP) is 8.32. The van der Waals surface area contributed by atoms with Crippen LogP contribution in [0, 0.1) is 6.92 Å². The van der Waals surface area contributed by atoms with Crippen LogP contribution in [0.4, 0.5) is 0 Å². The molecule has 31 heavy (non-hydrogen) atoms. The van der Waals surface area contributed by atoms with Crippen LogP contribution in [0.5, 0.6) is 0 Å². The molecule has 3 aromatic rings. The van der Waals surface area contributed by atoms with Gasteiger partial charge in [0.1, 0.15) is 0 Å². The Hall–Kier alpha value is -2.51. The van der Waals surface area contributed by atoms with Gasteiger partial charge in [-0.3, -0.25) is 0 Å². The Morgan fingerprint density at radius 1 is 0.774 bits per heavy atom. The molecule has 2 aliphatic carbocycles. The molecule has 156 valence electrons. The van der Waals surface area contributed by atoms with Crippen molar-refractivity contribution >= 4 is 17.3 Å². The van der Waals surface area contributed by atoms with E-state index < -0.39 is 0 Å². The number of fused-ring (bicyclic) bond motifs is 3. The van der Waals surface area contributed by atoms with E-state index in [4.69, 9.17) is 0 Å². The van der Waals surface area contributed by atoms with Crippen LogP contribution >= 0.6 is 11.8 Å². The molecule has 1 unspecified atom stereocenters. The van der Waals surface area contributed by atoms with Crippen LogP contribution in [-0.2, 0) is 10.8 Å². The van der Waals surface area contributed by atoms with Gasteiger partial charge in [-0.2, -0.15) is 0 Å². The molecule has 0 saturated heterocycles. The summed E-state index contributed by atoms with van der Waals surface area (Å²) in [5.41, 5.74) is 11.3. The first kappa shape index (κ1) is 20.4. The second-order valence-corrected chi connectivity index (χ2v) is 10.4. The molecular weight excluding hydrogens is 392 g/mol. The van der Waals surface area contributed by atoms with Crippen molar-refractivity contribution in [3.63, 3.8) is 0 Å². The van der Waals surface area contributed by atoms with Gasteiger partial charge in [0.05, 0.1) is 0 Å². The summed E-state index contributed by atoms with van der Waals surface area (Å²) in [5, 5.41) is 0. The zero-order valence-corrected chi connectivity index (χ0v) is 19.9. The third-order valence-electron chi connectivity index (χ3n) is 7.43. The summed E-state index contributed by atoms with van der Waals surface area (Å²) in [5.74, 6) is 0. The first-order chi connectivity index (χ1) is 14.9. The summed E-state index contributed by atoms with van der Waals surface area (Å²) in [7, 11) is 0. The fourth-order valence-corrected chi connectivity index (χ4v) is 6.64. The number of benzene rings is 3. The maximum absolute atomic E-state index is 2.43. The molecule has 1 heteroatoms. The summed E-state index contributed by atoms with van der Waals surface area (Å²) in [4.78, 5) is 1.42. The topological polar surface area (TPSA) is 0 Å². The van der Waals surface area contributed by atoms with Crippen LogP contribution in [0.1, 0.15) is 55.0 Å². The van der Waals surface area contributed by atoms with Crippen LogP contribution in [0.2, 0.25) is 0 Å². The molecular formula is C30H30S. The quantitative estimate of drug-likeness (QED) is 0.382. The van der Waals surface area contributed by atoms with Gasteiger partial charge in [-0.25, -0.2) is 0 Å². The first-order valence-electron chi connectivity index (χ1n) is 11.1. The maximum Gasteiger partial charge on any atom is 0.0226 e. The van der Waals surface area contributed by atoms with Crippen molar-refractivity contribution in [2.24, 2.45) is 0 Å². The standard InChI is InChI=1S/C30H30S/c1-20-12-10-18-26(28(20)31-5)30(4)19-9-8-16-24(30)22-14-11-17-25-27(22)21-13-6-7-15-23(21)29(25,2)3/h6-18H,19H2,1-5H3. The van der Waals surface area contributed by atoms with Gasteiger partial charge in [0.25, 0.3) is 0 Å². The average molecular weight is 423 g/mol. The number of rotatable bonds is 3. The lowest BCUT2D eigenvalue weighted by molar-refractivity contribution is 0.607. The van der Waals surface area contributed by atoms with Gasteiger partial charge in [0.2, 0.25) is 0 Å². The monoisotopic (exact) mass is 422 g/mol. The molecule has 2 aliphatic rings. The first-order valence-corrected chi connectivity index (χ1v) is 12.4. The lowest BCUT2D eigenvalue weighted by Gasteiger charge is -2.37. The highest BCUT2D eigenvalue weighted by molar-refractivity contribution is 7.98. The Kier molecular flexibility index (Phi) is 4.79. The summed E-state index contributed by atoms with van der Waals surface area (Å²) in [6.45, 7) is 9.40. The zero-order valence-electron chi connectivity index (χ0n) is 19.1. The predicted molar refractivity (Wildman–Crippen MR) is 136 cm³/mol. The highest BCUT2D eigenvalue weighted by Gasteiger charge is 2.40. The van der Waals surface area contributed by atoms with E-state index in [0.29, 0.717) is 0 Å². The van der Waals surface area contributed by atoms with Gasteiger partial charge >= 0.3 is 0 Å². The highest BCUT2D eigenvalue weighted by atomic mass is 32.2. The third kappa shape index (κ3) is 2.90. The zero-order chi connectivity index (χ0) is 21.8. The molecule has 1 atom stereocenters. The van der Waals surface area contributed by atoms with Crippen molar-refractivity contribution in [3.8, 4) is 11.1 Å². The molecule has 0 bridgehead atoms. The minimum atomic E-state index is -0.0596.